The van der Waals surface area contributed by atoms with Crippen LogP contribution in [0.5, 0.6) is 0 Å². The largest absolute Gasteiger partial charge is 0.436 e. The predicted octanol–water partition coefficient (Wildman–Crippen LogP) is 6.13. The van der Waals surface area contributed by atoms with Crippen molar-refractivity contribution in [2.24, 2.45) is 0 Å². The summed E-state index contributed by atoms with van der Waals surface area (Å²) in [6.07, 6.45) is 0. The Hall–Kier alpha value is -2.92. The molecule has 0 saturated carbocycles. The normalized spacial score (nSPS) is 10.9. The number of nitrogens with zero attached hydrogens (tertiary/aromatic N) is 1. The average molecular weight is 421 g/mol. The van der Waals surface area contributed by atoms with Gasteiger partial charge < -0.3 is 9.73 Å². The van der Waals surface area contributed by atoms with Gasteiger partial charge in [0, 0.05) is 21.3 Å². The van der Waals surface area contributed by atoms with Crippen LogP contribution in [-0.2, 0) is 0 Å². The number of anilines is 1. The molecule has 0 aliphatic heterocycles. The molecule has 0 spiro atoms. The van der Waals surface area contributed by atoms with Crippen LogP contribution in [-0.4, -0.2) is 10.9 Å². The molecule has 27 heavy (non-hydrogen) atoms. The highest BCUT2D eigenvalue weighted by Gasteiger charge is 2.12. The Morgan fingerprint density at radius 1 is 1.00 bits per heavy atom. The molecule has 4 nitrogen and oxygen atoms in total. The fraction of sp³-hybridized carbons (Fsp3) is 0.0909. The van der Waals surface area contributed by atoms with Gasteiger partial charge >= 0.3 is 0 Å². The number of aryl methyl sites for hydroxylation is 2. The van der Waals surface area contributed by atoms with Crippen molar-refractivity contribution in [2.45, 2.75) is 13.8 Å². The third-order valence-corrected chi connectivity index (χ3v) is 4.90. The lowest BCUT2D eigenvalue weighted by molar-refractivity contribution is 0.102. The molecular formula is C22H17BrN2O2. The molecule has 0 unspecified atom stereocenters. The van der Waals surface area contributed by atoms with Gasteiger partial charge in [-0.05, 0) is 79.6 Å². The molecule has 1 amide bonds. The van der Waals surface area contributed by atoms with Gasteiger partial charge in [0.05, 0.1) is 0 Å². The molecule has 134 valence electrons. The van der Waals surface area contributed by atoms with Crippen molar-refractivity contribution in [1.29, 1.82) is 0 Å². The summed E-state index contributed by atoms with van der Waals surface area (Å²) in [7, 11) is 0. The number of halogens is 1. The Bertz CT molecular complexity index is 1150. The number of aromatic nitrogens is 1. The van der Waals surface area contributed by atoms with Crippen LogP contribution in [0.4, 0.5) is 5.69 Å². The fourth-order valence-electron chi connectivity index (χ4n) is 2.89. The minimum Gasteiger partial charge on any atom is -0.436 e. The number of rotatable bonds is 3. The number of amides is 1. The van der Waals surface area contributed by atoms with Crippen LogP contribution in [0.25, 0.3) is 22.6 Å². The van der Waals surface area contributed by atoms with Crippen molar-refractivity contribution in [1.82, 2.24) is 4.98 Å². The Kier molecular flexibility index (Phi) is 4.54. The molecule has 0 bridgehead atoms. The summed E-state index contributed by atoms with van der Waals surface area (Å²) < 4.78 is 6.80. The van der Waals surface area contributed by atoms with E-state index in [2.05, 4.69) is 26.2 Å². The molecule has 0 aliphatic carbocycles. The van der Waals surface area contributed by atoms with Crippen LogP contribution in [0.15, 0.2) is 69.6 Å². The van der Waals surface area contributed by atoms with Gasteiger partial charge in [0.1, 0.15) is 5.52 Å². The first-order chi connectivity index (χ1) is 13.0. The second kappa shape index (κ2) is 7.00. The third kappa shape index (κ3) is 3.64. The third-order valence-electron chi connectivity index (χ3n) is 4.37. The molecule has 5 heteroatoms. The maximum Gasteiger partial charge on any atom is 0.255 e. The minimum atomic E-state index is -0.143. The van der Waals surface area contributed by atoms with E-state index in [9.17, 15) is 4.79 Å². The standard InChI is InChI=1S/C22H17BrN2O2/c1-13-3-10-20-19(11-13)25-22(27-20)16-6-9-18(14(2)12-16)24-21(26)15-4-7-17(23)8-5-15/h3-12H,1-2H3,(H,24,26). The van der Waals surface area contributed by atoms with Crippen LogP contribution in [0.1, 0.15) is 21.5 Å². The average Bonchev–Trinajstić information content (AvgIpc) is 3.07. The molecule has 1 N–H and O–H groups in total. The van der Waals surface area contributed by atoms with E-state index in [1.54, 1.807) is 12.1 Å². The van der Waals surface area contributed by atoms with Crippen molar-refractivity contribution in [2.75, 3.05) is 5.32 Å². The first-order valence-electron chi connectivity index (χ1n) is 8.55. The quantitative estimate of drug-likeness (QED) is 0.433. The molecular weight excluding hydrogens is 404 g/mol. The number of fused-ring (bicyclic) bond motifs is 1. The van der Waals surface area contributed by atoms with Crippen molar-refractivity contribution >= 4 is 38.6 Å². The topological polar surface area (TPSA) is 55.1 Å². The van der Waals surface area contributed by atoms with Gasteiger partial charge in [-0.25, -0.2) is 4.98 Å². The lowest BCUT2D eigenvalue weighted by atomic mass is 10.1. The highest BCUT2D eigenvalue weighted by Crippen LogP contribution is 2.28. The van der Waals surface area contributed by atoms with Gasteiger partial charge in [-0.1, -0.05) is 22.0 Å². The van der Waals surface area contributed by atoms with E-state index in [0.717, 1.165) is 38.0 Å². The summed E-state index contributed by atoms with van der Waals surface area (Å²) in [5.41, 5.74) is 5.94. The molecule has 1 heterocycles. The number of nitrogens with one attached hydrogen (secondary N) is 1. The predicted molar refractivity (Wildman–Crippen MR) is 111 cm³/mol. The first kappa shape index (κ1) is 17.5. The highest BCUT2D eigenvalue weighted by molar-refractivity contribution is 9.10. The van der Waals surface area contributed by atoms with Gasteiger partial charge in [-0.2, -0.15) is 0 Å². The van der Waals surface area contributed by atoms with E-state index in [1.807, 2.05) is 62.4 Å². The van der Waals surface area contributed by atoms with Crippen molar-refractivity contribution < 1.29 is 9.21 Å². The smallest absolute Gasteiger partial charge is 0.255 e. The van der Waals surface area contributed by atoms with Gasteiger partial charge in [0.15, 0.2) is 5.58 Å². The maximum absolute atomic E-state index is 12.4. The van der Waals surface area contributed by atoms with E-state index in [1.165, 1.54) is 0 Å². The van der Waals surface area contributed by atoms with Crippen molar-refractivity contribution in [3.8, 4) is 11.5 Å². The maximum atomic E-state index is 12.4. The molecule has 0 atom stereocenters. The Balaban J connectivity index is 1.60. The number of carbonyl (C=O) groups is 1. The lowest BCUT2D eigenvalue weighted by Crippen LogP contribution is -2.12. The van der Waals surface area contributed by atoms with Gasteiger partial charge in [-0.3, -0.25) is 4.79 Å². The summed E-state index contributed by atoms with van der Waals surface area (Å²) in [5, 5.41) is 2.95. The molecule has 0 saturated heterocycles. The molecule has 0 aliphatic rings. The van der Waals surface area contributed by atoms with E-state index in [-0.39, 0.29) is 5.91 Å². The van der Waals surface area contributed by atoms with Gasteiger partial charge in [0.2, 0.25) is 5.89 Å². The summed E-state index contributed by atoms with van der Waals surface area (Å²) in [6, 6.07) is 18.9. The molecule has 1 aromatic heterocycles. The highest BCUT2D eigenvalue weighted by atomic mass is 79.9. The summed E-state index contributed by atoms with van der Waals surface area (Å²) in [4.78, 5) is 17.0. The Morgan fingerprint density at radius 3 is 2.52 bits per heavy atom. The second-order valence-electron chi connectivity index (χ2n) is 6.48. The summed E-state index contributed by atoms with van der Waals surface area (Å²) in [6.45, 7) is 3.98. The van der Waals surface area contributed by atoms with Gasteiger partial charge in [0.25, 0.3) is 5.91 Å². The summed E-state index contributed by atoms with van der Waals surface area (Å²) in [5.74, 6) is 0.431. The van der Waals surface area contributed by atoms with Crippen molar-refractivity contribution in [3.05, 3.63) is 81.8 Å². The van der Waals surface area contributed by atoms with E-state index in [4.69, 9.17) is 4.42 Å². The Labute approximate surface area is 165 Å². The van der Waals surface area contributed by atoms with Crippen LogP contribution >= 0.6 is 15.9 Å². The van der Waals surface area contributed by atoms with Crippen LogP contribution in [0.3, 0.4) is 0 Å². The molecule has 0 fully saturated rings. The monoisotopic (exact) mass is 420 g/mol. The minimum absolute atomic E-state index is 0.143. The summed E-state index contributed by atoms with van der Waals surface area (Å²) >= 11 is 3.37. The zero-order chi connectivity index (χ0) is 19.0. The second-order valence-corrected chi connectivity index (χ2v) is 7.40. The zero-order valence-corrected chi connectivity index (χ0v) is 16.5. The first-order valence-corrected chi connectivity index (χ1v) is 9.34. The molecule has 3 aromatic carbocycles. The number of oxazole rings is 1. The van der Waals surface area contributed by atoms with Gasteiger partial charge in [-0.15, -0.1) is 0 Å². The Morgan fingerprint density at radius 2 is 1.78 bits per heavy atom. The number of benzene rings is 3. The molecule has 4 rings (SSSR count). The van der Waals surface area contributed by atoms with Crippen molar-refractivity contribution in [3.63, 3.8) is 0 Å². The van der Waals surface area contributed by atoms with Crippen LogP contribution in [0, 0.1) is 13.8 Å². The van der Waals surface area contributed by atoms with Crippen LogP contribution in [0.2, 0.25) is 0 Å². The number of hydrogen-bond donors (Lipinski definition) is 1. The van der Waals surface area contributed by atoms with E-state index < -0.39 is 0 Å². The zero-order valence-electron chi connectivity index (χ0n) is 14.9. The van der Waals surface area contributed by atoms with E-state index >= 15 is 0 Å². The molecule has 0 radical (unpaired) electrons. The van der Waals surface area contributed by atoms with E-state index in [0.29, 0.717) is 11.5 Å². The number of hydrogen-bond acceptors (Lipinski definition) is 3. The number of carbonyl (C=O) groups excluding carboxylic acids is 1. The fourth-order valence-corrected chi connectivity index (χ4v) is 3.16. The lowest BCUT2D eigenvalue weighted by Gasteiger charge is -2.09. The van der Waals surface area contributed by atoms with Crippen LogP contribution < -0.4 is 5.32 Å². The SMILES string of the molecule is Cc1ccc2oc(-c3ccc(NC(=O)c4ccc(Br)cc4)c(C)c3)nc2c1. The molecule has 4 aromatic rings.